The van der Waals surface area contributed by atoms with Gasteiger partial charge in [-0.3, -0.25) is 14.2 Å². The van der Waals surface area contributed by atoms with Crippen molar-refractivity contribution in [3.63, 3.8) is 0 Å². The number of nitrogens with one attached hydrogen (secondary N) is 1. The Bertz CT molecular complexity index is 951. The molecule has 0 aliphatic rings. The van der Waals surface area contributed by atoms with E-state index in [1.807, 2.05) is 6.92 Å². The highest BCUT2D eigenvalue weighted by molar-refractivity contribution is 9.10. The van der Waals surface area contributed by atoms with Crippen LogP contribution in [0.3, 0.4) is 0 Å². The van der Waals surface area contributed by atoms with Gasteiger partial charge in [0.25, 0.3) is 5.91 Å². The molecule has 3 rings (SSSR count). The maximum Gasteiger partial charge on any atom is 0.276 e. The van der Waals surface area contributed by atoms with Crippen LogP contribution in [0.2, 0.25) is 10.0 Å². The molecule has 0 radical (unpaired) electrons. The first-order valence-electron chi connectivity index (χ1n) is 7.59. The number of halogens is 4. The van der Waals surface area contributed by atoms with E-state index in [4.69, 9.17) is 23.2 Å². The van der Waals surface area contributed by atoms with Gasteiger partial charge in [0.2, 0.25) is 0 Å². The summed E-state index contributed by atoms with van der Waals surface area (Å²) in [5.74, 6) is -0.683. The largest absolute Gasteiger partial charge is 0.302 e. The summed E-state index contributed by atoms with van der Waals surface area (Å²) < 4.78 is 17.4. The zero-order valence-electron chi connectivity index (χ0n) is 13.5. The number of aryl methyl sites for hydroxylation is 1. The molecular weight excluding hydrogens is 448 g/mol. The van der Waals surface area contributed by atoms with Gasteiger partial charge in [-0.2, -0.15) is 10.2 Å². The molecule has 2 heterocycles. The number of benzene rings is 1. The van der Waals surface area contributed by atoms with E-state index in [0.29, 0.717) is 16.7 Å². The van der Waals surface area contributed by atoms with Gasteiger partial charge in [-0.05, 0) is 35.0 Å². The van der Waals surface area contributed by atoms with Crippen molar-refractivity contribution in [1.82, 2.24) is 19.6 Å². The Morgan fingerprint density at radius 1 is 1.35 bits per heavy atom. The van der Waals surface area contributed by atoms with Crippen molar-refractivity contribution < 1.29 is 9.18 Å². The van der Waals surface area contributed by atoms with Crippen LogP contribution >= 0.6 is 39.1 Å². The highest BCUT2D eigenvalue weighted by Gasteiger charge is 2.19. The van der Waals surface area contributed by atoms with Gasteiger partial charge in [-0.15, -0.1) is 0 Å². The van der Waals surface area contributed by atoms with Crippen molar-refractivity contribution in [2.24, 2.45) is 0 Å². The lowest BCUT2D eigenvalue weighted by molar-refractivity contribution is 0.101. The van der Waals surface area contributed by atoms with E-state index in [2.05, 4.69) is 31.4 Å². The number of carbonyl (C=O) groups excluding carboxylic acids is 1. The molecule has 26 heavy (non-hydrogen) atoms. The molecule has 2 aromatic heterocycles. The van der Waals surface area contributed by atoms with Crippen LogP contribution in [0.15, 0.2) is 35.1 Å². The molecule has 0 unspecified atom stereocenters. The number of aromatic nitrogens is 4. The first-order chi connectivity index (χ1) is 12.4. The zero-order valence-corrected chi connectivity index (χ0v) is 16.6. The van der Waals surface area contributed by atoms with Crippen LogP contribution in [0.4, 0.5) is 10.2 Å². The number of carbonyl (C=O) groups is 1. The molecule has 0 atom stereocenters. The molecule has 6 nitrogen and oxygen atoms in total. The van der Waals surface area contributed by atoms with Gasteiger partial charge in [0.05, 0.1) is 17.2 Å². The summed E-state index contributed by atoms with van der Waals surface area (Å²) in [4.78, 5) is 12.5. The van der Waals surface area contributed by atoms with Crippen molar-refractivity contribution in [2.75, 3.05) is 5.32 Å². The third-order valence-corrected chi connectivity index (χ3v) is 4.85. The van der Waals surface area contributed by atoms with Gasteiger partial charge < -0.3 is 5.32 Å². The lowest BCUT2D eigenvalue weighted by Crippen LogP contribution is -2.18. The predicted octanol–water partition coefficient (Wildman–Crippen LogP) is 4.61. The average Bonchev–Trinajstić information content (AvgIpc) is 3.13. The summed E-state index contributed by atoms with van der Waals surface area (Å²) in [6, 6.07) is 4.44. The third-order valence-electron chi connectivity index (χ3n) is 3.64. The second-order valence-electron chi connectivity index (χ2n) is 5.33. The predicted molar refractivity (Wildman–Crippen MR) is 101 cm³/mol. The Balaban J connectivity index is 1.82. The fraction of sp³-hybridized carbons (Fsp3) is 0.188. The summed E-state index contributed by atoms with van der Waals surface area (Å²) in [6.07, 6.45) is 3.03. The second kappa shape index (κ2) is 7.77. The highest BCUT2D eigenvalue weighted by Crippen LogP contribution is 2.25. The van der Waals surface area contributed by atoms with Crippen LogP contribution < -0.4 is 5.32 Å². The molecule has 1 amide bonds. The average molecular weight is 461 g/mol. The van der Waals surface area contributed by atoms with Gasteiger partial charge >= 0.3 is 0 Å². The van der Waals surface area contributed by atoms with Crippen molar-refractivity contribution >= 4 is 50.9 Å². The van der Waals surface area contributed by atoms with Crippen LogP contribution in [0.1, 0.15) is 23.0 Å². The Kier molecular flexibility index (Phi) is 5.64. The maximum atomic E-state index is 13.9. The van der Waals surface area contributed by atoms with E-state index in [-0.39, 0.29) is 28.0 Å². The van der Waals surface area contributed by atoms with Gasteiger partial charge in [-0.25, -0.2) is 4.39 Å². The second-order valence-corrected chi connectivity index (χ2v) is 7.00. The number of amides is 1. The normalized spacial score (nSPS) is 11.0. The smallest absolute Gasteiger partial charge is 0.276 e. The Labute approximate surface area is 167 Å². The minimum absolute atomic E-state index is 0.0810. The minimum atomic E-state index is -0.439. The standard InChI is InChI=1S/C16H13BrCl2FN5O/c1-2-25-14(10(17)6-21-25)16(26)22-15-12(19)8-24(23-15)7-9-11(18)4-3-5-13(9)20/h3-6,8H,2,7H2,1H3,(H,22,23,26). The molecule has 0 aliphatic carbocycles. The van der Waals surface area contributed by atoms with Gasteiger partial charge in [0.15, 0.2) is 5.82 Å². The van der Waals surface area contributed by atoms with E-state index in [1.54, 1.807) is 16.9 Å². The van der Waals surface area contributed by atoms with Crippen molar-refractivity contribution in [1.29, 1.82) is 0 Å². The van der Waals surface area contributed by atoms with Crippen molar-refractivity contribution in [2.45, 2.75) is 20.0 Å². The number of anilines is 1. The lowest BCUT2D eigenvalue weighted by atomic mass is 10.2. The number of hydrogen-bond donors (Lipinski definition) is 1. The third kappa shape index (κ3) is 3.77. The fourth-order valence-electron chi connectivity index (χ4n) is 2.40. The van der Waals surface area contributed by atoms with Crippen LogP contribution in [0, 0.1) is 5.82 Å². The SMILES string of the molecule is CCn1ncc(Br)c1C(=O)Nc1nn(Cc2c(F)cccc2Cl)cc1Cl. The monoisotopic (exact) mass is 459 g/mol. The lowest BCUT2D eigenvalue weighted by Gasteiger charge is -2.07. The number of rotatable bonds is 5. The molecule has 0 saturated heterocycles. The molecule has 0 fully saturated rings. The molecule has 0 aliphatic heterocycles. The summed E-state index contributed by atoms with van der Waals surface area (Å²) in [5, 5.41) is 11.5. The number of nitrogens with zero attached hydrogens (tertiary/aromatic N) is 4. The summed E-state index contributed by atoms with van der Waals surface area (Å²) >= 11 is 15.5. The topological polar surface area (TPSA) is 64.7 Å². The van der Waals surface area contributed by atoms with Crippen LogP contribution in [0.25, 0.3) is 0 Å². The van der Waals surface area contributed by atoms with E-state index < -0.39 is 11.7 Å². The maximum absolute atomic E-state index is 13.9. The Morgan fingerprint density at radius 3 is 2.81 bits per heavy atom. The van der Waals surface area contributed by atoms with Gasteiger partial charge in [0.1, 0.15) is 16.5 Å². The molecule has 0 bridgehead atoms. The highest BCUT2D eigenvalue weighted by atomic mass is 79.9. The Hall–Kier alpha value is -1.90. The van der Waals surface area contributed by atoms with Crippen molar-refractivity contribution in [3.8, 4) is 0 Å². The molecule has 3 aromatic rings. The first kappa shape index (κ1) is 18.9. The molecule has 136 valence electrons. The molecule has 10 heteroatoms. The molecule has 0 saturated carbocycles. The minimum Gasteiger partial charge on any atom is -0.302 e. The summed E-state index contributed by atoms with van der Waals surface area (Å²) in [6.45, 7) is 2.48. The van der Waals surface area contributed by atoms with E-state index in [9.17, 15) is 9.18 Å². The van der Waals surface area contributed by atoms with Crippen LogP contribution in [0.5, 0.6) is 0 Å². The van der Waals surface area contributed by atoms with E-state index >= 15 is 0 Å². The Morgan fingerprint density at radius 2 is 2.12 bits per heavy atom. The zero-order chi connectivity index (χ0) is 18.8. The van der Waals surface area contributed by atoms with E-state index in [0.717, 1.165) is 0 Å². The quantitative estimate of drug-likeness (QED) is 0.604. The fourth-order valence-corrected chi connectivity index (χ4v) is 3.30. The molecule has 1 N–H and O–H groups in total. The van der Waals surface area contributed by atoms with E-state index in [1.165, 1.54) is 23.0 Å². The summed E-state index contributed by atoms with van der Waals surface area (Å²) in [7, 11) is 0. The first-order valence-corrected chi connectivity index (χ1v) is 9.14. The van der Waals surface area contributed by atoms with Crippen LogP contribution in [-0.4, -0.2) is 25.5 Å². The molecule has 0 spiro atoms. The molecule has 1 aromatic carbocycles. The summed E-state index contributed by atoms with van der Waals surface area (Å²) in [5.41, 5.74) is 0.647. The van der Waals surface area contributed by atoms with Crippen LogP contribution in [-0.2, 0) is 13.1 Å². The molecular formula is C16H13BrCl2FN5O. The number of hydrogen-bond acceptors (Lipinski definition) is 3. The van der Waals surface area contributed by atoms with Crippen molar-refractivity contribution in [3.05, 3.63) is 62.2 Å². The van der Waals surface area contributed by atoms with Gasteiger partial charge in [-0.1, -0.05) is 29.3 Å². The van der Waals surface area contributed by atoms with Gasteiger partial charge in [0, 0.05) is 23.3 Å².